The summed E-state index contributed by atoms with van der Waals surface area (Å²) in [5.74, 6) is 0.601. The van der Waals surface area contributed by atoms with E-state index in [0.717, 1.165) is 12.8 Å². The van der Waals surface area contributed by atoms with E-state index in [0.29, 0.717) is 23.4 Å². The molecule has 1 fully saturated rings. The second-order valence-corrected chi connectivity index (χ2v) is 4.99. The number of H-pyrrole nitrogens is 1. The summed E-state index contributed by atoms with van der Waals surface area (Å²) >= 11 is 3.20. The third-order valence-corrected chi connectivity index (χ3v) is 3.48. The van der Waals surface area contributed by atoms with Crippen LogP contribution in [-0.4, -0.2) is 33.8 Å². The van der Waals surface area contributed by atoms with Gasteiger partial charge in [-0.25, -0.2) is 4.98 Å². The quantitative estimate of drug-likeness (QED) is 0.866. The molecule has 16 heavy (non-hydrogen) atoms. The highest BCUT2D eigenvalue weighted by Gasteiger charge is 2.41. The first-order valence-corrected chi connectivity index (χ1v) is 6.05. The van der Waals surface area contributed by atoms with Gasteiger partial charge in [0.1, 0.15) is 4.47 Å². The minimum absolute atomic E-state index is 0.198. The van der Waals surface area contributed by atoms with E-state index in [1.807, 2.05) is 11.8 Å². The molecule has 1 aliphatic rings. The fourth-order valence-electron chi connectivity index (χ4n) is 2.03. The standard InChI is InChI=1S/C10H14BrN3O2/c1-2-3-10(16)4-14(5-10)8-7(11)9(15)13-6-12-8/h6,16H,2-5H2,1H3,(H,12,13,15). The zero-order valence-corrected chi connectivity index (χ0v) is 10.6. The van der Waals surface area contributed by atoms with Gasteiger partial charge in [-0.1, -0.05) is 13.3 Å². The highest BCUT2D eigenvalue weighted by Crippen LogP contribution is 2.31. The molecule has 2 rings (SSSR count). The molecule has 0 unspecified atom stereocenters. The molecule has 0 bridgehead atoms. The Kier molecular flexibility index (Phi) is 3.03. The Hall–Kier alpha value is -0.880. The van der Waals surface area contributed by atoms with Crippen LogP contribution in [0.15, 0.2) is 15.6 Å². The molecule has 0 aliphatic carbocycles. The van der Waals surface area contributed by atoms with Gasteiger partial charge in [-0.05, 0) is 22.4 Å². The molecule has 1 aromatic rings. The predicted molar refractivity (Wildman–Crippen MR) is 64.6 cm³/mol. The molecule has 0 radical (unpaired) electrons. The van der Waals surface area contributed by atoms with Gasteiger partial charge in [0.25, 0.3) is 5.56 Å². The first-order chi connectivity index (χ1) is 7.56. The first kappa shape index (κ1) is 11.6. The van der Waals surface area contributed by atoms with Crippen molar-refractivity contribution in [3.63, 3.8) is 0 Å². The topological polar surface area (TPSA) is 69.2 Å². The van der Waals surface area contributed by atoms with Gasteiger partial charge in [0.05, 0.1) is 25.0 Å². The maximum atomic E-state index is 11.3. The molecule has 1 aromatic heterocycles. The number of β-amino-alcohol motifs (C(OH)–C–C–N with tert-alkyl or cyclic N) is 1. The number of hydrogen-bond donors (Lipinski definition) is 2. The summed E-state index contributed by atoms with van der Waals surface area (Å²) < 4.78 is 0.425. The molecule has 2 N–H and O–H groups in total. The van der Waals surface area contributed by atoms with Crippen LogP contribution in [0, 0.1) is 0 Å². The zero-order chi connectivity index (χ0) is 11.8. The van der Waals surface area contributed by atoms with E-state index in [-0.39, 0.29) is 5.56 Å². The van der Waals surface area contributed by atoms with Crippen LogP contribution in [0.2, 0.25) is 0 Å². The molecule has 88 valence electrons. The van der Waals surface area contributed by atoms with Crippen LogP contribution in [0.25, 0.3) is 0 Å². The summed E-state index contributed by atoms with van der Waals surface area (Å²) in [5, 5.41) is 10.0. The van der Waals surface area contributed by atoms with E-state index >= 15 is 0 Å². The van der Waals surface area contributed by atoms with Gasteiger partial charge in [0.15, 0.2) is 5.82 Å². The largest absolute Gasteiger partial charge is 0.386 e. The summed E-state index contributed by atoms with van der Waals surface area (Å²) in [7, 11) is 0. The SMILES string of the molecule is CCCC1(O)CN(c2nc[nH]c(=O)c2Br)C1. The Morgan fingerprint density at radius 2 is 2.38 bits per heavy atom. The van der Waals surface area contributed by atoms with Crippen LogP contribution in [-0.2, 0) is 0 Å². The minimum Gasteiger partial charge on any atom is -0.386 e. The van der Waals surface area contributed by atoms with Gasteiger partial charge < -0.3 is 15.0 Å². The Balaban J connectivity index is 2.12. The molecule has 0 atom stereocenters. The maximum Gasteiger partial charge on any atom is 0.267 e. The minimum atomic E-state index is -0.613. The third kappa shape index (κ3) is 1.99. The van der Waals surface area contributed by atoms with Crippen LogP contribution in [0.3, 0.4) is 0 Å². The molecular formula is C10H14BrN3O2. The first-order valence-electron chi connectivity index (χ1n) is 5.26. The summed E-state index contributed by atoms with van der Waals surface area (Å²) in [6, 6.07) is 0. The van der Waals surface area contributed by atoms with Gasteiger partial charge in [-0.15, -0.1) is 0 Å². The molecule has 0 spiro atoms. The van der Waals surface area contributed by atoms with Crippen molar-refractivity contribution in [2.24, 2.45) is 0 Å². The highest BCUT2D eigenvalue weighted by molar-refractivity contribution is 9.10. The average molecular weight is 288 g/mol. The molecule has 1 saturated heterocycles. The maximum absolute atomic E-state index is 11.3. The van der Waals surface area contributed by atoms with Gasteiger partial charge in [-0.2, -0.15) is 0 Å². The number of anilines is 1. The molecular weight excluding hydrogens is 274 g/mol. The number of nitrogens with zero attached hydrogens (tertiary/aromatic N) is 2. The summed E-state index contributed by atoms with van der Waals surface area (Å²) in [6.45, 7) is 3.12. The normalized spacial score (nSPS) is 18.3. The van der Waals surface area contributed by atoms with Crippen molar-refractivity contribution < 1.29 is 5.11 Å². The van der Waals surface area contributed by atoms with E-state index in [9.17, 15) is 9.90 Å². The summed E-state index contributed by atoms with van der Waals surface area (Å²) in [5.41, 5.74) is -0.811. The van der Waals surface area contributed by atoms with Crippen LogP contribution >= 0.6 is 15.9 Å². The Morgan fingerprint density at radius 1 is 1.69 bits per heavy atom. The molecule has 0 amide bonds. The van der Waals surface area contributed by atoms with Crippen molar-refractivity contribution in [1.29, 1.82) is 0 Å². The fourth-order valence-corrected chi connectivity index (χ4v) is 2.50. The predicted octanol–water partition coefficient (Wildman–Crippen LogP) is 0.884. The van der Waals surface area contributed by atoms with Gasteiger partial charge in [0, 0.05) is 0 Å². The zero-order valence-electron chi connectivity index (χ0n) is 9.03. The molecule has 5 nitrogen and oxygen atoms in total. The van der Waals surface area contributed by atoms with Crippen molar-refractivity contribution in [1.82, 2.24) is 9.97 Å². The second kappa shape index (κ2) is 4.18. The van der Waals surface area contributed by atoms with Crippen LogP contribution in [0.4, 0.5) is 5.82 Å². The van der Waals surface area contributed by atoms with E-state index in [1.165, 1.54) is 6.33 Å². The Labute approximate surface area is 102 Å². The Bertz CT molecular complexity index is 440. The second-order valence-electron chi connectivity index (χ2n) is 4.20. The van der Waals surface area contributed by atoms with Gasteiger partial charge >= 0.3 is 0 Å². The van der Waals surface area contributed by atoms with Crippen molar-refractivity contribution in [2.75, 3.05) is 18.0 Å². The van der Waals surface area contributed by atoms with Crippen molar-refractivity contribution in [3.05, 3.63) is 21.2 Å². The van der Waals surface area contributed by atoms with E-state index in [1.54, 1.807) is 0 Å². The molecule has 2 heterocycles. The smallest absolute Gasteiger partial charge is 0.267 e. The molecule has 1 aliphatic heterocycles. The Morgan fingerprint density at radius 3 is 3.00 bits per heavy atom. The van der Waals surface area contributed by atoms with Crippen LogP contribution < -0.4 is 10.5 Å². The monoisotopic (exact) mass is 287 g/mol. The van der Waals surface area contributed by atoms with Crippen molar-refractivity contribution in [2.45, 2.75) is 25.4 Å². The van der Waals surface area contributed by atoms with Crippen LogP contribution in [0.5, 0.6) is 0 Å². The van der Waals surface area contributed by atoms with Crippen molar-refractivity contribution >= 4 is 21.7 Å². The van der Waals surface area contributed by atoms with Crippen LogP contribution in [0.1, 0.15) is 19.8 Å². The van der Waals surface area contributed by atoms with E-state index in [4.69, 9.17) is 0 Å². The van der Waals surface area contributed by atoms with Gasteiger partial charge in [-0.3, -0.25) is 4.79 Å². The average Bonchev–Trinajstić information content (AvgIpc) is 2.19. The third-order valence-electron chi connectivity index (χ3n) is 2.76. The number of aromatic nitrogens is 2. The lowest BCUT2D eigenvalue weighted by Gasteiger charge is -2.47. The number of rotatable bonds is 3. The number of aromatic amines is 1. The number of nitrogens with one attached hydrogen (secondary N) is 1. The summed E-state index contributed by atoms with van der Waals surface area (Å²) in [6.07, 6.45) is 3.11. The van der Waals surface area contributed by atoms with Crippen molar-refractivity contribution in [3.8, 4) is 0 Å². The fraction of sp³-hybridized carbons (Fsp3) is 0.600. The van der Waals surface area contributed by atoms with E-state index < -0.39 is 5.60 Å². The molecule has 6 heteroatoms. The van der Waals surface area contributed by atoms with Gasteiger partial charge in [0.2, 0.25) is 0 Å². The lowest BCUT2D eigenvalue weighted by atomic mass is 9.89. The molecule has 0 saturated carbocycles. The number of hydrogen-bond acceptors (Lipinski definition) is 4. The molecule has 0 aromatic carbocycles. The number of halogens is 1. The summed E-state index contributed by atoms with van der Waals surface area (Å²) in [4.78, 5) is 19.8. The van der Waals surface area contributed by atoms with E-state index in [2.05, 4.69) is 25.9 Å². The highest BCUT2D eigenvalue weighted by atomic mass is 79.9. The lowest BCUT2D eigenvalue weighted by molar-refractivity contribution is 0.00284. The lowest BCUT2D eigenvalue weighted by Crippen LogP contribution is -2.62. The number of aliphatic hydroxyl groups is 1.